The van der Waals surface area contributed by atoms with Gasteiger partial charge in [0.2, 0.25) is 12.0 Å². The molecule has 2 fully saturated rings. The quantitative estimate of drug-likeness (QED) is 0.544. The van der Waals surface area contributed by atoms with Crippen molar-refractivity contribution in [2.24, 2.45) is 0 Å². The largest absolute Gasteiger partial charge is 0.446 e. The molecule has 2 amide bonds. The van der Waals surface area contributed by atoms with Gasteiger partial charge in [0.1, 0.15) is 12.6 Å². The SMILES string of the molecule is CC1(C(=O)ON2OC[C@H](NC=O)C2=O)OC(=O)CC1(c1ccccc1)c1ccccc1. The summed E-state index contributed by atoms with van der Waals surface area (Å²) < 4.78 is 5.58. The number of carbonyl (C=O) groups excluding carboxylic acids is 4. The third kappa shape index (κ3) is 3.23. The average molecular weight is 424 g/mol. The highest BCUT2D eigenvalue weighted by molar-refractivity contribution is 5.93. The number of cyclic esters (lactones) is 1. The molecule has 0 aliphatic carbocycles. The third-order valence-corrected chi connectivity index (χ3v) is 5.74. The minimum absolute atomic E-state index is 0.100. The van der Waals surface area contributed by atoms with E-state index in [1.165, 1.54) is 6.92 Å². The first-order chi connectivity index (χ1) is 14.9. The van der Waals surface area contributed by atoms with E-state index in [0.717, 1.165) is 0 Å². The molecule has 9 heteroatoms. The molecule has 1 unspecified atom stereocenters. The summed E-state index contributed by atoms with van der Waals surface area (Å²) in [7, 11) is 0. The van der Waals surface area contributed by atoms with Gasteiger partial charge in [-0.3, -0.25) is 14.4 Å². The van der Waals surface area contributed by atoms with Crippen LogP contribution < -0.4 is 5.32 Å². The van der Waals surface area contributed by atoms with E-state index in [0.29, 0.717) is 22.8 Å². The Hall–Kier alpha value is -3.72. The van der Waals surface area contributed by atoms with Gasteiger partial charge >= 0.3 is 17.8 Å². The summed E-state index contributed by atoms with van der Waals surface area (Å²) in [6.07, 6.45) is 0.254. The molecule has 2 saturated heterocycles. The zero-order valence-electron chi connectivity index (χ0n) is 16.6. The number of benzene rings is 2. The summed E-state index contributed by atoms with van der Waals surface area (Å²) in [5.74, 6) is -2.31. The first-order valence-corrected chi connectivity index (χ1v) is 9.64. The van der Waals surface area contributed by atoms with Crippen LogP contribution >= 0.6 is 0 Å². The molecule has 2 aliphatic rings. The van der Waals surface area contributed by atoms with E-state index in [2.05, 4.69) is 5.32 Å². The zero-order valence-corrected chi connectivity index (χ0v) is 16.6. The highest BCUT2D eigenvalue weighted by Crippen LogP contribution is 2.52. The van der Waals surface area contributed by atoms with Crippen LogP contribution in [0.2, 0.25) is 0 Å². The minimum atomic E-state index is -1.80. The lowest BCUT2D eigenvalue weighted by atomic mass is 9.63. The molecule has 0 aromatic heterocycles. The summed E-state index contributed by atoms with van der Waals surface area (Å²) >= 11 is 0. The number of hydrogen-bond acceptors (Lipinski definition) is 7. The predicted octanol–water partition coefficient (Wildman–Crippen LogP) is 1.02. The average Bonchev–Trinajstić information content (AvgIpc) is 3.27. The Morgan fingerprint density at radius 3 is 2.23 bits per heavy atom. The van der Waals surface area contributed by atoms with Crippen molar-refractivity contribution in [2.45, 2.75) is 30.4 Å². The van der Waals surface area contributed by atoms with E-state index in [1.54, 1.807) is 24.3 Å². The number of nitrogens with zero attached hydrogens (tertiary/aromatic N) is 1. The fourth-order valence-electron chi connectivity index (χ4n) is 4.16. The smallest absolute Gasteiger partial charge is 0.379 e. The molecule has 9 nitrogen and oxygen atoms in total. The number of hydrogen-bond donors (Lipinski definition) is 1. The van der Waals surface area contributed by atoms with E-state index >= 15 is 0 Å². The normalized spacial score (nSPS) is 24.5. The second kappa shape index (κ2) is 7.84. The van der Waals surface area contributed by atoms with Crippen molar-refractivity contribution in [1.82, 2.24) is 10.5 Å². The van der Waals surface area contributed by atoms with Gasteiger partial charge < -0.3 is 14.9 Å². The lowest BCUT2D eigenvalue weighted by Gasteiger charge is -2.40. The van der Waals surface area contributed by atoms with Crippen molar-refractivity contribution in [3.8, 4) is 0 Å². The number of hydroxylamine groups is 2. The van der Waals surface area contributed by atoms with Crippen LogP contribution in [0.15, 0.2) is 60.7 Å². The predicted molar refractivity (Wildman–Crippen MR) is 105 cm³/mol. The van der Waals surface area contributed by atoms with Gasteiger partial charge in [-0.2, -0.15) is 0 Å². The second-order valence-corrected chi connectivity index (χ2v) is 7.43. The number of amides is 2. The van der Waals surface area contributed by atoms with Crippen LogP contribution in [0, 0.1) is 0 Å². The monoisotopic (exact) mass is 424 g/mol. The molecule has 2 aliphatic heterocycles. The molecule has 160 valence electrons. The Balaban J connectivity index is 1.75. The molecular weight excluding hydrogens is 404 g/mol. The number of rotatable bonds is 6. The van der Waals surface area contributed by atoms with Gasteiger partial charge in [-0.05, 0) is 23.3 Å². The van der Waals surface area contributed by atoms with Crippen LogP contribution in [-0.4, -0.2) is 47.7 Å². The maximum Gasteiger partial charge on any atom is 0.379 e. The van der Waals surface area contributed by atoms with Gasteiger partial charge in [0.05, 0.1) is 11.8 Å². The van der Waals surface area contributed by atoms with Crippen LogP contribution in [0.4, 0.5) is 0 Å². The third-order valence-electron chi connectivity index (χ3n) is 5.74. The van der Waals surface area contributed by atoms with Crippen molar-refractivity contribution in [3.63, 3.8) is 0 Å². The van der Waals surface area contributed by atoms with Gasteiger partial charge in [0, 0.05) is 0 Å². The van der Waals surface area contributed by atoms with Crippen molar-refractivity contribution >= 4 is 24.3 Å². The molecule has 1 N–H and O–H groups in total. The molecule has 2 aromatic carbocycles. The van der Waals surface area contributed by atoms with Crippen LogP contribution in [-0.2, 0) is 39.0 Å². The zero-order chi connectivity index (χ0) is 22.1. The number of esters is 1. The number of nitrogens with one attached hydrogen (secondary N) is 1. The van der Waals surface area contributed by atoms with E-state index in [9.17, 15) is 19.2 Å². The van der Waals surface area contributed by atoms with E-state index in [4.69, 9.17) is 14.4 Å². The van der Waals surface area contributed by atoms with E-state index < -0.39 is 34.9 Å². The lowest BCUT2D eigenvalue weighted by molar-refractivity contribution is -0.310. The standard InChI is InChI=1S/C22H20N2O7/c1-21(20(28)31-24-19(27)17(13-29-24)23-14-25)22(12-18(26)30-21,15-8-4-2-5-9-15)16-10-6-3-7-11-16/h2-11,14,17H,12-13H2,1H3,(H,23,25)/t17-,21?/m0/s1. The summed E-state index contributed by atoms with van der Waals surface area (Å²) in [5, 5.41) is 2.70. The Bertz CT molecular complexity index is 972. The molecule has 31 heavy (non-hydrogen) atoms. The fraction of sp³-hybridized carbons (Fsp3) is 0.273. The maximum atomic E-state index is 13.4. The Morgan fingerprint density at radius 2 is 1.68 bits per heavy atom. The highest BCUT2D eigenvalue weighted by Gasteiger charge is 2.66. The van der Waals surface area contributed by atoms with Crippen molar-refractivity contribution in [3.05, 3.63) is 71.8 Å². The molecule has 4 rings (SSSR count). The molecule has 0 radical (unpaired) electrons. The van der Waals surface area contributed by atoms with Crippen LogP contribution in [0.3, 0.4) is 0 Å². The molecular formula is C22H20N2O7. The molecule has 2 atom stereocenters. The summed E-state index contributed by atoms with van der Waals surface area (Å²) in [4.78, 5) is 59.2. The first kappa shape index (κ1) is 20.5. The van der Waals surface area contributed by atoms with Crippen molar-refractivity contribution in [1.29, 1.82) is 0 Å². The molecule has 0 spiro atoms. The second-order valence-electron chi connectivity index (χ2n) is 7.43. The van der Waals surface area contributed by atoms with Gasteiger partial charge in [0.15, 0.2) is 0 Å². The Morgan fingerprint density at radius 1 is 1.10 bits per heavy atom. The summed E-state index contributed by atoms with van der Waals surface area (Å²) in [5.41, 5.74) is -1.64. The topological polar surface area (TPSA) is 111 Å². The fourth-order valence-corrected chi connectivity index (χ4v) is 4.16. The molecule has 0 bridgehead atoms. The Kier molecular flexibility index (Phi) is 5.20. The van der Waals surface area contributed by atoms with Gasteiger partial charge in [0.25, 0.3) is 0 Å². The number of carbonyl (C=O) groups is 4. The Labute approximate surface area is 177 Å². The van der Waals surface area contributed by atoms with E-state index in [1.807, 2.05) is 36.4 Å². The van der Waals surface area contributed by atoms with Crippen LogP contribution in [0.1, 0.15) is 24.5 Å². The van der Waals surface area contributed by atoms with Crippen molar-refractivity contribution in [2.75, 3.05) is 6.61 Å². The van der Waals surface area contributed by atoms with Gasteiger partial charge in [-0.15, -0.1) is 0 Å². The number of ether oxygens (including phenoxy) is 1. The summed E-state index contributed by atoms with van der Waals surface area (Å²) in [6.45, 7) is 1.27. The van der Waals surface area contributed by atoms with Gasteiger partial charge in [-0.25, -0.2) is 9.63 Å². The maximum absolute atomic E-state index is 13.4. The van der Waals surface area contributed by atoms with Crippen LogP contribution in [0.25, 0.3) is 0 Å². The minimum Gasteiger partial charge on any atom is -0.446 e. The van der Waals surface area contributed by atoms with Gasteiger partial charge in [-0.1, -0.05) is 60.7 Å². The molecule has 2 heterocycles. The van der Waals surface area contributed by atoms with Crippen LogP contribution in [0.5, 0.6) is 0 Å². The van der Waals surface area contributed by atoms with E-state index in [-0.39, 0.29) is 13.0 Å². The van der Waals surface area contributed by atoms with Crippen molar-refractivity contribution < 1.29 is 33.6 Å². The first-order valence-electron chi connectivity index (χ1n) is 9.64. The molecule has 2 aromatic rings. The lowest BCUT2D eigenvalue weighted by Crippen LogP contribution is -2.55. The highest BCUT2D eigenvalue weighted by atomic mass is 17.0. The molecule has 0 saturated carbocycles. The summed E-state index contributed by atoms with van der Waals surface area (Å²) in [6, 6.07) is 17.1.